The molecule has 1 aromatic heterocycles. The van der Waals surface area contributed by atoms with Gasteiger partial charge in [0.05, 0.1) is 12.1 Å². The Labute approximate surface area is 120 Å². The molecule has 1 aromatic carbocycles. The minimum Gasteiger partial charge on any atom is -0.398 e. The predicted molar refractivity (Wildman–Crippen MR) is 73.3 cm³/mol. The molecule has 0 spiro atoms. The van der Waals surface area contributed by atoms with Gasteiger partial charge < -0.3 is 10.5 Å². The Hall–Kier alpha value is -2.09. The third kappa shape index (κ3) is 3.33. The summed E-state index contributed by atoms with van der Waals surface area (Å²) in [6.45, 7) is 6.54. The fourth-order valence-electron chi connectivity index (χ4n) is 2.06. The summed E-state index contributed by atoms with van der Waals surface area (Å²) in [6.07, 6.45) is 0. The van der Waals surface area contributed by atoms with Crippen molar-refractivity contribution in [2.24, 2.45) is 0 Å². The van der Waals surface area contributed by atoms with Crippen LogP contribution < -0.4 is 5.73 Å². The van der Waals surface area contributed by atoms with Crippen molar-refractivity contribution in [3.63, 3.8) is 0 Å². The summed E-state index contributed by atoms with van der Waals surface area (Å²) in [6, 6.07) is 1.90. The van der Waals surface area contributed by atoms with Crippen LogP contribution in [0.3, 0.4) is 0 Å². The maximum absolute atomic E-state index is 13.4. The molecule has 6 nitrogen and oxygen atoms in total. The first kappa shape index (κ1) is 15.3. The van der Waals surface area contributed by atoms with E-state index in [1.54, 1.807) is 0 Å². The highest BCUT2D eigenvalue weighted by molar-refractivity contribution is 5.71. The van der Waals surface area contributed by atoms with Crippen LogP contribution in [0.5, 0.6) is 0 Å². The van der Waals surface area contributed by atoms with Gasteiger partial charge in [0.25, 0.3) is 0 Å². The summed E-state index contributed by atoms with van der Waals surface area (Å²) in [5.41, 5.74) is 5.53. The van der Waals surface area contributed by atoms with Crippen molar-refractivity contribution in [3.8, 4) is 11.4 Å². The second kappa shape index (κ2) is 5.72. The second-order valence-corrected chi connectivity index (χ2v) is 5.21. The van der Waals surface area contributed by atoms with Gasteiger partial charge in [0.2, 0.25) is 0 Å². The van der Waals surface area contributed by atoms with Crippen LogP contribution in [0.25, 0.3) is 11.4 Å². The third-order valence-corrected chi connectivity index (χ3v) is 2.93. The van der Waals surface area contributed by atoms with Crippen LogP contribution in [0.4, 0.5) is 14.5 Å². The lowest BCUT2D eigenvalue weighted by Crippen LogP contribution is -2.31. The molecular weight excluding hydrogens is 280 g/mol. The minimum absolute atomic E-state index is 0.0687. The predicted octanol–water partition coefficient (Wildman–Crippen LogP) is 2.02. The normalized spacial score (nSPS) is 11.9. The number of benzene rings is 1. The quantitative estimate of drug-likeness (QED) is 0.854. The number of nitrogen functional groups attached to an aromatic ring is 1. The molecule has 0 atom stereocenters. The van der Waals surface area contributed by atoms with E-state index in [0.717, 1.165) is 12.1 Å². The highest BCUT2D eigenvalue weighted by atomic mass is 19.2. The smallest absolute Gasteiger partial charge is 0.184 e. The van der Waals surface area contributed by atoms with Gasteiger partial charge in [0, 0.05) is 23.9 Å². The Kier molecular flexibility index (Phi) is 4.17. The zero-order valence-electron chi connectivity index (χ0n) is 12.1. The lowest BCUT2D eigenvalue weighted by atomic mass is 10.1. The van der Waals surface area contributed by atoms with Crippen molar-refractivity contribution in [2.45, 2.75) is 32.9 Å². The lowest BCUT2D eigenvalue weighted by Gasteiger charge is -2.24. The van der Waals surface area contributed by atoms with Crippen molar-refractivity contribution in [2.75, 3.05) is 12.3 Å². The largest absolute Gasteiger partial charge is 0.398 e. The van der Waals surface area contributed by atoms with E-state index in [1.165, 1.54) is 4.68 Å². The molecule has 1 heterocycles. The monoisotopic (exact) mass is 297 g/mol. The first-order valence-corrected chi connectivity index (χ1v) is 6.49. The highest BCUT2D eigenvalue weighted by Crippen LogP contribution is 2.27. The summed E-state index contributed by atoms with van der Waals surface area (Å²) in [4.78, 5) is 0. The van der Waals surface area contributed by atoms with Crippen molar-refractivity contribution in [3.05, 3.63) is 23.8 Å². The Morgan fingerprint density at radius 1 is 1.29 bits per heavy atom. The van der Waals surface area contributed by atoms with E-state index in [1.807, 2.05) is 20.8 Å². The molecule has 21 heavy (non-hydrogen) atoms. The summed E-state index contributed by atoms with van der Waals surface area (Å²) in [5, 5.41) is 11.3. The minimum atomic E-state index is -1.01. The molecule has 0 aliphatic rings. The average Bonchev–Trinajstić information content (AvgIpc) is 2.80. The van der Waals surface area contributed by atoms with Gasteiger partial charge in [-0.1, -0.05) is 0 Å². The molecule has 0 amide bonds. The molecule has 0 aliphatic carbocycles. The molecule has 2 rings (SSSR count). The molecule has 0 saturated carbocycles. The van der Waals surface area contributed by atoms with Gasteiger partial charge in [-0.2, -0.15) is 0 Å². The zero-order chi connectivity index (χ0) is 15.6. The molecule has 0 unspecified atom stereocenters. The lowest BCUT2D eigenvalue weighted by molar-refractivity contribution is -0.0246. The van der Waals surface area contributed by atoms with Crippen molar-refractivity contribution < 1.29 is 13.5 Å². The summed E-state index contributed by atoms with van der Waals surface area (Å²) in [5.74, 6) is -1.75. The third-order valence-electron chi connectivity index (χ3n) is 2.93. The molecule has 0 bridgehead atoms. The van der Waals surface area contributed by atoms with Gasteiger partial charge in [0.15, 0.2) is 17.5 Å². The second-order valence-electron chi connectivity index (χ2n) is 5.21. The number of anilines is 1. The molecule has 0 radical (unpaired) electrons. The van der Waals surface area contributed by atoms with Gasteiger partial charge in [-0.15, -0.1) is 5.10 Å². The maximum Gasteiger partial charge on any atom is 0.184 e. The van der Waals surface area contributed by atoms with Crippen LogP contribution in [0.2, 0.25) is 0 Å². The number of ether oxygens (including phenoxy) is 1. The molecular formula is C13H17F2N5O. The van der Waals surface area contributed by atoms with E-state index >= 15 is 0 Å². The Morgan fingerprint density at radius 3 is 2.62 bits per heavy atom. The van der Waals surface area contributed by atoms with Gasteiger partial charge in [-0.25, -0.2) is 13.5 Å². The van der Waals surface area contributed by atoms with E-state index in [0.29, 0.717) is 13.2 Å². The number of tetrazole rings is 1. The summed E-state index contributed by atoms with van der Waals surface area (Å²) in [7, 11) is 0. The van der Waals surface area contributed by atoms with Crippen molar-refractivity contribution >= 4 is 5.69 Å². The van der Waals surface area contributed by atoms with E-state index in [-0.39, 0.29) is 17.1 Å². The van der Waals surface area contributed by atoms with E-state index in [2.05, 4.69) is 15.5 Å². The van der Waals surface area contributed by atoms with E-state index in [9.17, 15) is 8.78 Å². The number of hydrogen-bond donors (Lipinski definition) is 1. The van der Waals surface area contributed by atoms with Crippen LogP contribution in [0, 0.1) is 11.6 Å². The number of hydrogen-bond acceptors (Lipinski definition) is 5. The number of nitrogens with zero attached hydrogens (tertiary/aromatic N) is 4. The van der Waals surface area contributed by atoms with Crippen LogP contribution in [0.15, 0.2) is 12.1 Å². The van der Waals surface area contributed by atoms with Crippen LogP contribution in [-0.2, 0) is 11.3 Å². The van der Waals surface area contributed by atoms with Gasteiger partial charge in [-0.05, 0) is 37.3 Å². The first-order valence-electron chi connectivity index (χ1n) is 6.49. The molecule has 2 aromatic rings. The van der Waals surface area contributed by atoms with Gasteiger partial charge >= 0.3 is 0 Å². The van der Waals surface area contributed by atoms with Crippen LogP contribution in [-0.4, -0.2) is 32.4 Å². The van der Waals surface area contributed by atoms with E-state index in [4.69, 9.17) is 10.5 Å². The number of aromatic nitrogens is 4. The molecule has 0 aliphatic heterocycles. The fraction of sp³-hybridized carbons (Fsp3) is 0.462. The zero-order valence-corrected chi connectivity index (χ0v) is 12.1. The number of nitrogens with two attached hydrogens (primary N) is 1. The van der Waals surface area contributed by atoms with E-state index < -0.39 is 17.2 Å². The number of halogens is 2. The Balaban J connectivity index is 2.39. The molecule has 8 heteroatoms. The maximum atomic E-state index is 13.4. The molecule has 0 fully saturated rings. The molecule has 114 valence electrons. The molecule has 0 saturated heterocycles. The summed E-state index contributed by atoms with van der Waals surface area (Å²) >= 11 is 0. The highest BCUT2D eigenvalue weighted by Gasteiger charge is 2.23. The van der Waals surface area contributed by atoms with Crippen LogP contribution >= 0.6 is 0 Å². The average molecular weight is 297 g/mol. The topological polar surface area (TPSA) is 78.8 Å². The van der Waals surface area contributed by atoms with Crippen molar-refractivity contribution in [1.82, 2.24) is 20.2 Å². The Morgan fingerprint density at radius 2 is 1.95 bits per heavy atom. The van der Waals surface area contributed by atoms with Crippen molar-refractivity contribution in [1.29, 1.82) is 0 Å². The van der Waals surface area contributed by atoms with Gasteiger partial charge in [-0.3, -0.25) is 0 Å². The SMILES string of the molecule is CCOC(C)(C)Cn1nnnc1-c1cc(F)c(F)cc1N. The van der Waals surface area contributed by atoms with Crippen LogP contribution in [0.1, 0.15) is 20.8 Å². The fourth-order valence-corrected chi connectivity index (χ4v) is 2.06. The summed E-state index contributed by atoms with van der Waals surface area (Å²) < 4.78 is 33.6. The van der Waals surface area contributed by atoms with Gasteiger partial charge in [0.1, 0.15) is 0 Å². The molecule has 2 N–H and O–H groups in total. The Bertz CT molecular complexity index is 641. The first-order chi connectivity index (χ1) is 9.84. The standard InChI is InChI=1S/C13H17F2N5O/c1-4-21-13(2,3)7-20-12(17-18-19-20)8-5-9(14)10(15)6-11(8)16/h5-6H,4,7,16H2,1-3H3. The number of rotatable bonds is 5.